The molecule has 8 heteroatoms. The lowest BCUT2D eigenvalue weighted by molar-refractivity contribution is 0.166. The third-order valence-electron chi connectivity index (χ3n) is 6.16. The number of furan rings is 1. The molecule has 3 aromatic rings. The lowest BCUT2D eigenvalue weighted by atomic mass is 10.1. The van der Waals surface area contributed by atoms with Gasteiger partial charge in [-0.2, -0.15) is 0 Å². The molecule has 1 aromatic heterocycles. The standard InChI is InChI=1S/C25H30FN3O3S/c1-18-15-19(2)25(20(3)16-18)33(30,31)27-17-23(24-9-6-14-32-24)29-12-10-28(11-13-29)22-8-5-4-7-21(22)26/h4-9,14-16,23,27H,10-13,17H2,1-3H3/t23-/m1/s1. The van der Waals surface area contributed by atoms with Crippen molar-refractivity contribution in [3.63, 3.8) is 0 Å². The smallest absolute Gasteiger partial charge is 0.241 e. The van der Waals surface area contributed by atoms with Crippen LogP contribution in [-0.2, 0) is 10.0 Å². The third kappa shape index (κ3) is 5.13. The topological polar surface area (TPSA) is 65.8 Å². The quantitative estimate of drug-likeness (QED) is 0.560. The zero-order chi connectivity index (χ0) is 23.6. The van der Waals surface area contributed by atoms with Gasteiger partial charge in [-0.05, 0) is 56.2 Å². The molecule has 1 aliphatic rings. The van der Waals surface area contributed by atoms with Crippen LogP contribution >= 0.6 is 0 Å². The molecule has 176 valence electrons. The van der Waals surface area contributed by atoms with Gasteiger partial charge in [0.1, 0.15) is 11.6 Å². The van der Waals surface area contributed by atoms with E-state index in [1.807, 2.05) is 49.9 Å². The number of sulfonamides is 1. The fourth-order valence-corrected chi connectivity index (χ4v) is 6.21. The Hall–Kier alpha value is -2.68. The number of piperazine rings is 1. The van der Waals surface area contributed by atoms with Crippen LogP contribution in [0.2, 0.25) is 0 Å². The molecule has 1 fully saturated rings. The van der Waals surface area contributed by atoms with Gasteiger partial charge in [0.25, 0.3) is 0 Å². The first-order valence-corrected chi connectivity index (χ1v) is 12.6. The second-order valence-corrected chi connectivity index (χ2v) is 10.3. The van der Waals surface area contributed by atoms with Gasteiger partial charge in [-0.15, -0.1) is 0 Å². The van der Waals surface area contributed by atoms with E-state index in [4.69, 9.17) is 4.42 Å². The summed E-state index contributed by atoms with van der Waals surface area (Å²) >= 11 is 0. The molecule has 0 amide bonds. The minimum absolute atomic E-state index is 0.183. The van der Waals surface area contributed by atoms with E-state index in [0.29, 0.717) is 42.5 Å². The summed E-state index contributed by atoms with van der Waals surface area (Å²) in [6.45, 7) is 8.37. The minimum atomic E-state index is -3.70. The number of hydrogen-bond donors (Lipinski definition) is 1. The Morgan fingerprint density at radius 3 is 2.27 bits per heavy atom. The number of benzene rings is 2. The summed E-state index contributed by atoms with van der Waals surface area (Å²) in [6, 6.07) is 14.0. The molecule has 33 heavy (non-hydrogen) atoms. The summed E-state index contributed by atoms with van der Waals surface area (Å²) < 4.78 is 49.1. The van der Waals surface area contributed by atoms with Gasteiger partial charge in [0.05, 0.1) is 22.9 Å². The lowest BCUT2D eigenvalue weighted by Crippen LogP contribution is -2.50. The van der Waals surface area contributed by atoms with Crippen LogP contribution in [0.1, 0.15) is 28.5 Å². The molecule has 0 bridgehead atoms. The first-order valence-electron chi connectivity index (χ1n) is 11.1. The molecule has 0 spiro atoms. The predicted molar refractivity (Wildman–Crippen MR) is 127 cm³/mol. The molecular formula is C25H30FN3O3S. The lowest BCUT2D eigenvalue weighted by Gasteiger charge is -2.39. The predicted octanol–water partition coefficient (Wildman–Crippen LogP) is 4.19. The molecule has 4 rings (SSSR count). The molecule has 1 aliphatic heterocycles. The van der Waals surface area contributed by atoms with Crippen LogP contribution in [0.5, 0.6) is 0 Å². The summed E-state index contributed by atoms with van der Waals surface area (Å²) in [6.07, 6.45) is 1.60. The molecule has 0 radical (unpaired) electrons. The van der Waals surface area contributed by atoms with E-state index in [-0.39, 0.29) is 18.4 Å². The molecule has 2 heterocycles. The Bertz CT molecular complexity index is 1180. The van der Waals surface area contributed by atoms with Crippen molar-refractivity contribution in [1.82, 2.24) is 9.62 Å². The first-order chi connectivity index (χ1) is 15.8. The fourth-order valence-electron chi connectivity index (χ4n) is 4.72. The monoisotopic (exact) mass is 471 g/mol. The Balaban J connectivity index is 1.50. The molecule has 0 unspecified atom stereocenters. The van der Waals surface area contributed by atoms with E-state index in [1.54, 1.807) is 24.5 Å². The Morgan fingerprint density at radius 2 is 1.67 bits per heavy atom. The second-order valence-electron chi connectivity index (χ2n) is 8.59. The van der Waals surface area contributed by atoms with Crippen LogP contribution in [0.3, 0.4) is 0 Å². The maximum absolute atomic E-state index is 14.2. The average molecular weight is 472 g/mol. The van der Waals surface area contributed by atoms with E-state index in [0.717, 1.165) is 16.7 Å². The highest BCUT2D eigenvalue weighted by molar-refractivity contribution is 7.89. The van der Waals surface area contributed by atoms with Crippen LogP contribution in [0.15, 0.2) is 64.1 Å². The van der Waals surface area contributed by atoms with Crippen molar-refractivity contribution >= 4 is 15.7 Å². The van der Waals surface area contributed by atoms with Gasteiger partial charge in [0.2, 0.25) is 10.0 Å². The summed E-state index contributed by atoms with van der Waals surface area (Å²) in [7, 11) is -3.70. The largest absolute Gasteiger partial charge is 0.468 e. The van der Waals surface area contributed by atoms with Crippen molar-refractivity contribution in [3.05, 3.63) is 83.1 Å². The van der Waals surface area contributed by atoms with Crippen LogP contribution in [-0.4, -0.2) is 46.0 Å². The van der Waals surface area contributed by atoms with Crippen molar-refractivity contribution in [1.29, 1.82) is 0 Å². The summed E-state index contributed by atoms with van der Waals surface area (Å²) in [5.41, 5.74) is 3.09. The number of aryl methyl sites for hydroxylation is 3. The molecule has 1 atom stereocenters. The molecule has 2 aromatic carbocycles. The maximum Gasteiger partial charge on any atom is 0.241 e. The minimum Gasteiger partial charge on any atom is -0.468 e. The summed E-state index contributed by atoms with van der Waals surface area (Å²) in [4.78, 5) is 4.54. The third-order valence-corrected chi connectivity index (χ3v) is 7.89. The molecule has 1 N–H and O–H groups in total. The number of para-hydroxylation sites is 1. The van der Waals surface area contributed by atoms with Gasteiger partial charge < -0.3 is 9.32 Å². The van der Waals surface area contributed by atoms with Crippen LogP contribution in [0, 0.1) is 26.6 Å². The molecule has 0 aliphatic carbocycles. The van der Waals surface area contributed by atoms with Gasteiger partial charge in [0.15, 0.2) is 0 Å². The fraction of sp³-hybridized carbons (Fsp3) is 0.360. The van der Waals surface area contributed by atoms with Crippen molar-refractivity contribution in [2.45, 2.75) is 31.7 Å². The van der Waals surface area contributed by atoms with Gasteiger partial charge in [-0.3, -0.25) is 4.90 Å². The molecule has 6 nitrogen and oxygen atoms in total. The van der Waals surface area contributed by atoms with E-state index in [2.05, 4.69) is 9.62 Å². The Kier molecular flexibility index (Phi) is 6.88. The Morgan fingerprint density at radius 1 is 1.00 bits per heavy atom. The van der Waals surface area contributed by atoms with E-state index in [1.165, 1.54) is 6.07 Å². The summed E-state index contributed by atoms with van der Waals surface area (Å²) in [5, 5.41) is 0. The zero-order valence-corrected chi connectivity index (χ0v) is 20.0. The highest BCUT2D eigenvalue weighted by Crippen LogP contribution is 2.27. The first kappa shape index (κ1) is 23.5. The second kappa shape index (κ2) is 9.67. The number of nitrogens with one attached hydrogen (secondary N) is 1. The van der Waals surface area contributed by atoms with E-state index in [9.17, 15) is 12.8 Å². The van der Waals surface area contributed by atoms with Crippen LogP contribution in [0.4, 0.5) is 10.1 Å². The van der Waals surface area contributed by atoms with Crippen molar-refractivity contribution < 1.29 is 17.2 Å². The molecule has 0 saturated carbocycles. The SMILES string of the molecule is Cc1cc(C)c(S(=O)(=O)NC[C@H](c2ccco2)N2CCN(c3ccccc3F)CC2)c(C)c1. The summed E-state index contributed by atoms with van der Waals surface area (Å²) in [5.74, 6) is 0.472. The zero-order valence-electron chi connectivity index (χ0n) is 19.2. The highest BCUT2D eigenvalue weighted by Gasteiger charge is 2.30. The number of hydrogen-bond acceptors (Lipinski definition) is 5. The molecular weight excluding hydrogens is 441 g/mol. The van der Waals surface area contributed by atoms with Crippen molar-refractivity contribution in [2.75, 3.05) is 37.6 Å². The average Bonchev–Trinajstić information content (AvgIpc) is 3.28. The highest BCUT2D eigenvalue weighted by atomic mass is 32.2. The van der Waals surface area contributed by atoms with Gasteiger partial charge >= 0.3 is 0 Å². The number of halogens is 1. The number of anilines is 1. The van der Waals surface area contributed by atoms with E-state index < -0.39 is 10.0 Å². The molecule has 1 saturated heterocycles. The van der Waals surface area contributed by atoms with Gasteiger partial charge in [-0.1, -0.05) is 29.8 Å². The van der Waals surface area contributed by atoms with Gasteiger partial charge in [0, 0.05) is 32.7 Å². The normalized spacial score (nSPS) is 16.2. The number of nitrogens with zero attached hydrogens (tertiary/aromatic N) is 2. The maximum atomic E-state index is 14.2. The number of rotatable bonds is 7. The van der Waals surface area contributed by atoms with E-state index >= 15 is 0 Å². The van der Waals surface area contributed by atoms with Crippen LogP contribution in [0.25, 0.3) is 0 Å². The van der Waals surface area contributed by atoms with Crippen LogP contribution < -0.4 is 9.62 Å². The van der Waals surface area contributed by atoms with Gasteiger partial charge in [-0.25, -0.2) is 17.5 Å². The Labute approximate surface area is 195 Å². The van der Waals surface area contributed by atoms with Crippen molar-refractivity contribution in [3.8, 4) is 0 Å². The van der Waals surface area contributed by atoms with Crippen molar-refractivity contribution in [2.24, 2.45) is 0 Å².